The summed E-state index contributed by atoms with van der Waals surface area (Å²) >= 11 is 1.66. The average molecular weight is 399 g/mol. The minimum Gasteiger partial charge on any atom is -1.00 e. The Balaban J connectivity index is 0.00000210. The third-order valence-corrected chi connectivity index (χ3v) is 5.26. The number of benzene rings is 1. The van der Waals surface area contributed by atoms with Gasteiger partial charge in [-0.3, -0.25) is 0 Å². The Morgan fingerprint density at radius 3 is 1.63 bits per heavy atom. The molecule has 1 aromatic carbocycles. The molecule has 27 heavy (non-hydrogen) atoms. The van der Waals surface area contributed by atoms with E-state index in [1.54, 1.807) is 18.4 Å². The maximum absolute atomic E-state index is 5.85. The fraction of sp³-hybridized carbons (Fsp3) is 0.136. The first-order chi connectivity index (χ1) is 12.6. The zero-order valence-electron chi connectivity index (χ0n) is 15.3. The summed E-state index contributed by atoms with van der Waals surface area (Å²) in [6.45, 7) is 3.91. The highest BCUT2D eigenvalue weighted by atomic mass is 35.5. The quantitative estimate of drug-likeness (QED) is 0.490. The van der Waals surface area contributed by atoms with Gasteiger partial charge in [0.2, 0.25) is 11.3 Å². The molecule has 0 amide bonds. The zero-order valence-corrected chi connectivity index (χ0v) is 16.9. The van der Waals surface area contributed by atoms with Gasteiger partial charge in [-0.25, -0.2) is 0 Å². The highest BCUT2D eigenvalue weighted by Crippen LogP contribution is 2.38. The maximum Gasteiger partial charge on any atom is 0.274 e. The molecular formula is C22H19ClO3S. The number of furan rings is 2. The van der Waals surface area contributed by atoms with E-state index in [2.05, 4.69) is 24.3 Å². The van der Waals surface area contributed by atoms with E-state index in [4.69, 9.17) is 13.6 Å². The van der Waals surface area contributed by atoms with Crippen LogP contribution in [0, 0.1) is 13.8 Å². The average Bonchev–Trinajstić information content (AvgIpc) is 3.30. The minimum atomic E-state index is 0. The minimum absolute atomic E-state index is 0. The normalized spacial score (nSPS) is 10.5. The molecule has 0 bridgehead atoms. The molecule has 4 rings (SSSR count). The molecule has 0 N–H and O–H groups in total. The Labute approximate surface area is 168 Å². The van der Waals surface area contributed by atoms with Gasteiger partial charge in [0.15, 0.2) is 11.5 Å². The Hall–Kier alpha value is -2.56. The van der Waals surface area contributed by atoms with Crippen LogP contribution in [0.1, 0.15) is 11.5 Å². The summed E-state index contributed by atoms with van der Waals surface area (Å²) < 4.78 is 17.0. The van der Waals surface area contributed by atoms with Crippen LogP contribution in [0.25, 0.3) is 32.4 Å². The maximum atomic E-state index is 5.85. The molecule has 0 aliphatic rings. The summed E-state index contributed by atoms with van der Waals surface area (Å²) in [5.41, 5.74) is 2.23. The molecule has 138 valence electrons. The Kier molecular flexibility index (Phi) is 5.68. The predicted octanol–water partition coefficient (Wildman–Crippen LogP) is 3.85. The van der Waals surface area contributed by atoms with Crippen LogP contribution in [0.3, 0.4) is 0 Å². The second-order valence-corrected chi connectivity index (χ2v) is 7.21. The molecule has 0 spiro atoms. The van der Waals surface area contributed by atoms with Crippen molar-refractivity contribution < 1.29 is 26.0 Å². The number of ether oxygens (including phenoxy) is 1. The summed E-state index contributed by atoms with van der Waals surface area (Å²) in [5, 5.41) is 0. The molecule has 3 nitrogen and oxygen atoms in total. The fourth-order valence-corrected chi connectivity index (χ4v) is 3.86. The van der Waals surface area contributed by atoms with Crippen molar-refractivity contribution in [3.05, 3.63) is 72.2 Å². The van der Waals surface area contributed by atoms with Crippen LogP contribution < -0.4 is 17.1 Å². The topological polar surface area (TPSA) is 35.5 Å². The van der Waals surface area contributed by atoms with Gasteiger partial charge in [0.1, 0.15) is 17.3 Å². The molecule has 0 saturated carbocycles. The molecule has 4 aromatic rings. The first-order valence-corrected chi connectivity index (χ1v) is 9.20. The Morgan fingerprint density at radius 1 is 0.704 bits per heavy atom. The van der Waals surface area contributed by atoms with Gasteiger partial charge in [-0.05, 0) is 61.4 Å². The molecule has 0 aliphatic carbocycles. The molecule has 0 unspecified atom stereocenters. The highest BCUT2D eigenvalue weighted by Gasteiger charge is 2.23. The summed E-state index contributed by atoms with van der Waals surface area (Å²) in [6, 6.07) is 20.4. The molecule has 0 aliphatic heterocycles. The second-order valence-electron chi connectivity index (χ2n) is 6.12. The largest absolute Gasteiger partial charge is 1.00 e. The predicted molar refractivity (Wildman–Crippen MR) is 106 cm³/mol. The first kappa shape index (κ1) is 19.2. The van der Waals surface area contributed by atoms with Crippen molar-refractivity contribution >= 4 is 11.3 Å². The van der Waals surface area contributed by atoms with Crippen LogP contribution in [0.4, 0.5) is 0 Å². The number of hydrogen-bond donors (Lipinski definition) is 0. The van der Waals surface area contributed by atoms with Crippen LogP contribution in [-0.4, -0.2) is 7.11 Å². The summed E-state index contributed by atoms with van der Waals surface area (Å²) in [4.78, 5) is 2.13. The Morgan fingerprint density at radius 2 is 1.22 bits per heavy atom. The molecular weight excluding hydrogens is 380 g/mol. The van der Waals surface area contributed by atoms with E-state index in [1.165, 1.54) is 0 Å². The number of aryl methyl sites for hydroxylation is 2. The van der Waals surface area contributed by atoms with Gasteiger partial charge in [0.25, 0.3) is 9.75 Å². The lowest BCUT2D eigenvalue weighted by Crippen LogP contribution is -3.00. The molecule has 3 aromatic heterocycles. The van der Waals surface area contributed by atoms with E-state index in [1.807, 2.05) is 50.2 Å². The summed E-state index contributed by atoms with van der Waals surface area (Å²) in [5.74, 6) is 4.38. The van der Waals surface area contributed by atoms with Crippen molar-refractivity contribution in [3.63, 3.8) is 0 Å². The zero-order chi connectivity index (χ0) is 18.1. The first-order valence-electron chi connectivity index (χ1n) is 8.38. The smallest absolute Gasteiger partial charge is 0.274 e. The summed E-state index contributed by atoms with van der Waals surface area (Å²) in [6.07, 6.45) is 0. The Bertz CT molecular complexity index is 989. The van der Waals surface area contributed by atoms with Gasteiger partial charge in [-0.2, -0.15) is 0 Å². The van der Waals surface area contributed by atoms with Crippen molar-refractivity contribution in [2.75, 3.05) is 7.11 Å². The van der Waals surface area contributed by atoms with E-state index in [-0.39, 0.29) is 12.4 Å². The van der Waals surface area contributed by atoms with Crippen LogP contribution in [0.15, 0.2) is 69.5 Å². The van der Waals surface area contributed by atoms with E-state index < -0.39 is 0 Å². The van der Waals surface area contributed by atoms with Gasteiger partial charge in [-0.1, -0.05) is 12.1 Å². The van der Waals surface area contributed by atoms with Crippen molar-refractivity contribution in [2.45, 2.75) is 13.8 Å². The third kappa shape index (κ3) is 4.07. The third-order valence-electron chi connectivity index (χ3n) is 4.18. The van der Waals surface area contributed by atoms with Crippen molar-refractivity contribution in [2.24, 2.45) is 0 Å². The van der Waals surface area contributed by atoms with Gasteiger partial charge in [-0.15, -0.1) is 0 Å². The number of methoxy groups -OCH3 is 1. The van der Waals surface area contributed by atoms with E-state index >= 15 is 0 Å². The second kappa shape index (κ2) is 7.99. The SMILES string of the molecule is COc1ccc(-c2cc(-c3ccc(C)o3)[s+]c(-c3ccc(C)o3)c2)cc1.[Cl-]. The standard InChI is InChI=1S/C22H19O3S.ClH/c1-14-4-10-19(24-14)21-12-17(16-6-8-18(23-3)9-7-16)13-22(26-21)20-11-5-15(2)25-20;/h4-13H,1-3H3;1H/q+1;/p-1. The molecule has 5 heteroatoms. The summed E-state index contributed by atoms with van der Waals surface area (Å²) in [7, 11) is 1.67. The molecule has 0 atom stereocenters. The van der Waals surface area contributed by atoms with Crippen molar-refractivity contribution in [1.29, 1.82) is 0 Å². The van der Waals surface area contributed by atoms with Crippen LogP contribution in [-0.2, 0) is 0 Å². The lowest BCUT2D eigenvalue weighted by molar-refractivity contribution is -0.00000670. The number of halogens is 1. The number of rotatable bonds is 4. The van der Waals surface area contributed by atoms with Crippen LogP contribution in [0.2, 0.25) is 0 Å². The van der Waals surface area contributed by atoms with Gasteiger partial charge < -0.3 is 26.0 Å². The van der Waals surface area contributed by atoms with Crippen LogP contribution in [0.5, 0.6) is 5.75 Å². The monoisotopic (exact) mass is 398 g/mol. The molecule has 0 saturated heterocycles. The fourth-order valence-electron chi connectivity index (χ4n) is 2.83. The van der Waals surface area contributed by atoms with Crippen LogP contribution >= 0.6 is 11.3 Å². The van der Waals surface area contributed by atoms with Gasteiger partial charge >= 0.3 is 0 Å². The van der Waals surface area contributed by atoms with Gasteiger partial charge in [0, 0.05) is 12.1 Å². The van der Waals surface area contributed by atoms with E-state index in [0.29, 0.717) is 0 Å². The lowest BCUT2D eigenvalue weighted by atomic mass is 10.1. The van der Waals surface area contributed by atoms with Crippen molar-refractivity contribution in [1.82, 2.24) is 0 Å². The van der Waals surface area contributed by atoms with Crippen molar-refractivity contribution in [3.8, 4) is 38.2 Å². The highest BCUT2D eigenvalue weighted by molar-refractivity contribution is 7.18. The number of hydrogen-bond acceptors (Lipinski definition) is 3. The van der Waals surface area contributed by atoms with Gasteiger partial charge in [0.05, 0.1) is 7.11 Å². The molecule has 0 radical (unpaired) electrons. The molecule has 3 heterocycles. The lowest BCUT2D eigenvalue weighted by Gasteiger charge is -2.03. The van der Waals surface area contributed by atoms with E-state index in [9.17, 15) is 0 Å². The van der Waals surface area contributed by atoms with E-state index in [0.717, 1.165) is 49.7 Å². The molecule has 0 fully saturated rings.